The molecule has 1 heterocycles. The van der Waals surface area contributed by atoms with E-state index in [0.717, 1.165) is 0 Å². The Bertz CT molecular complexity index is 275. The highest BCUT2D eigenvalue weighted by molar-refractivity contribution is 4.95. The summed E-state index contributed by atoms with van der Waals surface area (Å²) in [5.74, 6) is 0. The molecule has 0 aromatic rings. The lowest BCUT2D eigenvalue weighted by atomic mass is 10.1. The Hall–Kier alpha value is -0.660. The Morgan fingerprint density at radius 2 is 1.23 bits per heavy atom. The topological polar surface area (TPSA) is 6.48 Å². The first-order valence-electron chi connectivity index (χ1n) is 9.95. The van der Waals surface area contributed by atoms with Gasteiger partial charge in [-0.3, -0.25) is 0 Å². The van der Waals surface area contributed by atoms with E-state index in [4.69, 9.17) is 0 Å². The molecule has 130 valence electrons. The van der Waals surface area contributed by atoms with Gasteiger partial charge in [0.05, 0.1) is 0 Å². The summed E-state index contributed by atoms with van der Waals surface area (Å²) in [7, 11) is 2.23. The Morgan fingerprint density at radius 1 is 0.682 bits per heavy atom. The molecule has 0 spiro atoms. The minimum Gasteiger partial charge on any atom is -0.359 e. The Kier molecular flexibility index (Phi) is 11.3. The molecule has 0 aromatic heterocycles. The Balaban J connectivity index is 1.97. The van der Waals surface area contributed by atoms with E-state index in [1.807, 2.05) is 0 Å². The summed E-state index contributed by atoms with van der Waals surface area (Å²) in [6.07, 6.45) is 23.4. The van der Waals surface area contributed by atoms with Crippen LogP contribution in [0.25, 0.3) is 0 Å². The zero-order valence-electron chi connectivity index (χ0n) is 15.5. The second kappa shape index (κ2) is 12.8. The van der Waals surface area contributed by atoms with Gasteiger partial charge in [-0.25, -0.2) is 0 Å². The predicted molar refractivity (Wildman–Crippen MR) is 98.8 cm³/mol. The van der Waals surface area contributed by atoms with Crippen molar-refractivity contribution in [3.63, 3.8) is 0 Å². The van der Waals surface area contributed by atoms with Crippen molar-refractivity contribution in [1.29, 1.82) is 0 Å². The van der Waals surface area contributed by atoms with Crippen molar-refractivity contribution in [3.05, 3.63) is 12.4 Å². The van der Waals surface area contributed by atoms with Gasteiger partial charge in [-0.15, -0.1) is 0 Å². The molecule has 1 aliphatic heterocycles. The van der Waals surface area contributed by atoms with Crippen LogP contribution in [0.3, 0.4) is 0 Å². The number of hydrogen-bond donors (Lipinski definition) is 0. The molecule has 0 N–H and O–H groups in total. The molecule has 0 aliphatic carbocycles. The smallest absolute Gasteiger partial charge is 0.100 e. The fourth-order valence-electron chi connectivity index (χ4n) is 3.37. The minimum absolute atomic E-state index is 0.626. The van der Waals surface area contributed by atoms with Gasteiger partial charge in [0, 0.05) is 26.0 Å². The molecular weight excluding hydrogens is 268 g/mol. The molecule has 1 atom stereocenters. The van der Waals surface area contributed by atoms with Crippen LogP contribution in [0.5, 0.6) is 0 Å². The molecule has 0 bridgehead atoms. The first-order valence-corrected chi connectivity index (χ1v) is 9.95. The average Bonchev–Trinajstić information content (AvgIpc) is 2.87. The molecular formula is C20H40N2. The van der Waals surface area contributed by atoms with Gasteiger partial charge in [0.1, 0.15) is 6.17 Å². The summed E-state index contributed by atoms with van der Waals surface area (Å²) in [5, 5.41) is 0. The first kappa shape index (κ1) is 19.4. The van der Waals surface area contributed by atoms with Gasteiger partial charge in [-0.2, -0.15) is 0 Å². The van der Waals surface area contributed by atoms with Crippen molar-refractivity contribution in [2.45, 2.75) is 103 Å². The monoisotopic (exact) mass is 308 g/mol. The number of hydrogen-bond acceptors (Lipinski definition) is 2. The van der Waals surface area contributed by atoms with Gasteiger partial charge in [0.25, 0.3) is 0 Å². The molecule has 0 radical (unpaired) electrons. The number of unbranched alkanes of at least 4 members (excludes halogenated alkanes) is 10. The van der Waals surface area contributed by atoms with Crippen LogP contribution < -0.4 is 0 Å². The van der Waals surface area contributed by atoms with Crippen LogP contribution in [0, 0.1) is 0 Å². The SMILES string of the molecule is CCCCCCCCCCCCC1N(C)C=CN1CCCC. The molecule has 0 amide bonds. The molecule has 0 saturated heterocycles. The van der Waals surface area contributed by atoms with Gasteiger partial charge < -0.3 is 9.80 Å². The van der Waals surface area contributed by atoms with E-state index >= 15 is 0 Å². The van der Waals surface area contributed by atoms with Crippen molar-refractivity contribution in [3.8, 4) is 0 Å². The molecule has 0 saturated carbocycles. The third kappa shape index (κ3) is 8.10. The van der Waals surface area contributed by atoms with E-state index in [2.05, 4.69) is 43.1 Å². The summed E-state index contributed by atoms with van der Waals surface area (Å²) in [4.78, 5) is 4.93. The molecule has 0 fully saturated rings. The highest BCUT2D eigenvalue weighted by atomic mass is 15.4. The maximum Gasteiger partial charge on any atom is 0.100 e. The van der Waals surface area contributed by atoms with Crippen molar-refractivity contribution in [2.24, 2.45) is 0 Å². The molecule has 1 unspecified atom stereocenters. The normalized spacial score (nSPS) is 17.7. The van der Waals surface area contributed by atoms with Crippen LogP contribution in [0.4, 0.5) is 0 Å². The highest BCUT2D eigenvalue weighted by Gasteiger charge is 2.21. The maximum absolute atomic E-state index is 2.54. The van der Waals surface area contributed by atoms with Gasteiger partial charge >= 0.3 is 0 Å². The third-order valence-electron chi connectivity index (χ3n) is 4.93. The lowest BCUT2D eigenvalue weighted by Gasteiger charge is -2.30. The third-order valence-corrected chi connectivity index (χ3v) is 4.93. The lowest BCUT2D eigenvalue weighted by Crippen LogP contribution is -2.36. The lowest BCUT2D eigenvalue weighted by molar-refractivity contribution is 0.160. The fraction of sp³-hybridized carbons (Fsp3) is 0.900. The largest absolute Gasteiger partial charge is 0.359 e. The highest BCUT2D eigenvalue weighted by Crippen LogP contribution is 2.21. The van der Waals surface area contributed by atoms with E-state index in [1.54, 1.807) is 0 Å². The zero-order chi connectivity index (χ0) is 16.0. The molecule has 1 rings (SSSR count). The zero-order valence-corrected chi connectivity index (χ0v) is 15.5. The summed E-state index contributed by atoms with van der Waals surface area (Å²) < 4.78 is 0. The predicted octanol–water partition coefficient (Wildman–Crippen LogP) is 6.14. The van der Waals surface area contributed by atoms with E-state index in [0.29, 0.717) is 6.17 Å². The molecule has 0 aromatic carbocycles. The summed E-state index contributed by atoms with van der Waals surface area (Å²) in [6.45, 7) is 5.79. The molecule has 2 heteroatoms. The second-order valence-corrected chi connectivity index (χ2v) is 7.01. The van der Waals surface area contributed by atoms with E-state index < -0.39 is 0 Å². The quantitative estimate of drug-likeness (QED) is 0.355. The van der Waals surface area contributed by atoms with Crippen LogP contribution in [0.1, 0.15) is 97.3 Å². The van der Waals surface area contributed by atoms with Gasteiger partial charge in [-0.1, -0.05) is 78.1 Å². The van der Waals surface area contributed by atoms with Gasteiger partial charge in [0.2, 0.25) is 0 Å². The number of rotatable bonds is 14. The average molecular weight is 309 g/mol. The van der Waals surface area contributed by atoms with Gasteiger partial charge in [0.15, 0.2) is 0 Å². The molecule has 2 nitrogen and oxygen atoms in total. The first-order chi connectivity index (χ1) is 10.8. The molecule has 1 aliphatic rings. The Labute approximate surface area is 139 Å². The second-order valence-electron chi connectivity index (χ2n) is 7.01. The van der Waals surface area contributed by atoms with Crippen LogP contribution in [-0.2, 0) is 0 Å². The summed E-state index contributed by atoms with van der Waals surface area (Å²) in [5.41, 5.74) is 0. The Morgan fingerprint density at radius 3 is 1.82 bits per heavy atom. The molecule has 22 heavy (non-hydrogen) atoms. The summed E-state index contributed by atoms with van der Waals surface area (Å²) >= 11 is 0. The minimum atomic E-state index is 0.626. The maximum atomic E-state index is 2.54. The van der Waals surface area contributed by atoms with Crippen molar-refractivity contribution in [2.75, 3.05) is 13.6 Å². The standard InChI is InChI=1S/C20H40N2/c1-4-6-8-9-10-11-12-13-14-15-16-20-21(3)18-19-22(20)17-7-5-2/h18-20H,4-17H2,1-3H3. The van der Waals surface area contributed by atoms with E-state index in [1.165, 1.54) is 90.0 Å². The van der Waals surface area contributed by atoms with Crippen molar-refractivity contribution >= 4 is 0 Å². The van der Waals surface area contributed by atoms with E-state index in [9.17, 15) is 0 Å². The fourth-order valence-corrected chi connectivity index (χ4v) is 3.37. The van der Waals surface area contributed by atoms with Gasteiger partial charge in [-0.05, 0) is 19.3 Å². The van der Waals surface area contributed by atoms with Crippen molar-refractivity contribution in [1.82, 2.24) is 9.80 Å². The van der Waals surface area contributed by atoms with E-state index in [-0.39, 0.29) is 0 Å². The van der Waals surface area contributed by atoms with Crippen LogP contribution in [-0.4, -0.2) is 29.6 Å². The number of nitrogens with zero attached hydrogens (tertiary/aromatic N) is 2. The van der Waals surface area contributed by atoms with Crippen LogP contribution in [0.2, 0.25) is 0 Å². The van der Waals surface area contributed by atoms with Crippen LogP contribution >= 0.6 is 0 Å². The van der Waals surface area contributed by atoms with Crippen molar-refractivity contribution < 1.29 is 0 Å². The van der Waals surface area contributed by atoms with Crippen LogP contribution in [0.15, 0.2) is 12.4 Å². The summed E-state index contributed by atoms with van der Waals surface area (Å²) in [6, 6.07) is 0.